The lowest BCUT2D eigenvalue weighted by molar-refractivity contribution is -0.141. The number of carbonyl (C=O) groups excluding carboxylic acids is 1. The van der Waals surface area contributed by atoms with Crippen LogP contribution in [0.2, 0.25) is 0 Å². The second-order valence-electron chi connectivity index (χ2n) is 4.11. The molecule has 0 heterocycles. The zero-order chi connectivity index (χ0) is 15.1. The summed E-state index contributed by atoms with van der Waals surface area (Å²) in [7, 11) is 0. The van der Waals surface area contributed by atoms with E-state index in [0.717, 1.165) is 12.1 Å². The number of amides is 1. The average Bonchev–Trinajstić information content (AvgIpc) is 2.32. The molecule has 1 atom stereocenters. The van der Waals surface area contributed by atoms with Gasteiger partial charge in [-0.05, 0) is 24.1 Å². The van der Waals surface area contributed by atoms with Gasteiger partial charge in [-0.15, -0.1) is 0 Å². The third kappa shape index (κ3) is 5.02. The quantitative estimate of drug-likeness (QED) is 0.824. The van der Waals surface area contributed by atoms with E-state index in [2.05, 4.69) is 5.32 Å². The minimum atomic E-state index is -1.26. The van der Waals surface area contributed by atoms with Gasteiger partial charge in [-0.25, -0.2) is 13.6 Å². The highest BCUT2D eigenvalue weighted by molar-refractivity contribution is 5.84. The van der Waals surface area contributed by atoms with Crippen LogP contribution in [0.1, 0.15) is 18.4 Å². The van der Waals surface area contributed by atoms with Gasteiger partial charge in [-0.3, -0.25) is 4.79 Å². The fourth-order valence-corrected chi connectivity index (χ4v) is 1.61. The highest BCUT2D eigenvalue weighted by atomic mass is 19.1. The fourth-order valence-electron chi connectivity index (χ4n) is 1.61. The van der Waals surface area contributed by atoms with Gasteiger partial charge in [0.2, 0.25) is 5.91 Å². The number of rotatable bonds is 6. The fraction of sp³-hybridized carbons (Fsp3) is 0.308. The van der Waals surface area contributed by atoms with E-state index >= 15 is 0 Å². The molecule has 1 amide bonds. The topological polar surface area (TPSA) is 90.2 Å². The van der Waals surface area contributed by atoms with E-state index in [9.17, 15) is 18.4 Å². The predicted molar refractivity (Wildman–Crippen MR) is 64.5 cm³/mol. The van der Waals surface area contributed by atoms with Gasteiger partial charge in [0.15, 0.2) is 0 Å². The van der Waals surface area contributed by atoms with Gasteiger partial charge in [-0.2, -0.15) is 5.26 Å². The van der Waals surface area contributed by atoms with Crippen LogP contribution >= 0.6 is 0 Å². The Kier molecular flexibility index (Phi) is 5.59. The van der Waals surface area contributed by atoms with Crippen LogP contribution in [-0.4, -0.2) is 23.0 Å². The number of hydrogen-bond donors (Lipinski definition) is 2. The maximum Gasteiger partial charge on any atom is 0.326 e. The number of nitriles is 1. The Bertz CT molecular complexity index is 535. The van der Waals surface area contributed by atoms with Crippen molar-refractivity contribution in [1.29, 1.82) is 5.26 Å². The molecule has 7 heteroatoms. The number of carboxylic acids is 1. The molecule has 0 spiro atoms. The van der Waals surface area contributed by atoms with Crippen molar-refractivity contribution in [2.45, 2.75) is 25.3 Å². The molecule has 0 aliphatic heterocycles. The summed E-state index contributed by atoms with van der Waals surface area (Å²) in [5.74, 6) is -3.57. The molecule has 0 fully saturated rings. The largest absolute Gasteiger partial charge is 0.480 e. The molecule has 0 bridgehead atoms. The van der Waals surface area contributed by atoms with Crippen molar-refractivity contribution in [2.75, 3.05) is 0 Å². The first kappa shape index (κ1) is 15.6. The minimum Gasteiger partial charge on any atom is -0.480 e. The molecule has 0 unspecified atom stereocenters. The van der Waals surface area contributed by atoms with Crippen LogP contribution in [0, 0.1) is 23.0 Å². The van der Waals surface area contributed by atoms with Crippen molar-refractivity contribution in [2.24, 2.45) is 0 Å². The molecule has 1 aromatic carbocycles. The molecule has 1 rings (SSSR count). The normalized spacial score (nSPS) is 11.4. The van der Waals surface area contributed by atoms with E-state index < -0.39 is 29.6 Å². The first-order valence-electron chi connectivity index (χ1n) is 5.76. The molecule has 0 aromatic heterocycles. The molecule has 1 aromatic rings. The highest BCUT2D eigenvalue weighted by Gasteiger charge is 2.19. The number of hydrogen-bond acceptors (Lipinski definition) is 3. The first-order valence-corrected chi connectivity index (χ1v) is 5.76. The van der Waals surface area contributed by atoms with E-state index in [1.54, 1.807) is 6.07 Å². The van der Waals surface area contributed by atoms with Crippen LogP contribution < -0.4 is 5.32 Å². The molecular weight excluding hydrogens is 270 g/mol. The lowest BCUT2D eigenvalue weighted by atomic mass is 10.1. The number of carbonyl (C=O) groups is 2. The van der Waals surface area contributed by atoms with Crippen LogP contribution in [-0.2, 0) is 16.0 Å². The number of benzene rings is 1. The van der Waals surface area contributed by atoms with Gasteiger partial charge in [-0.1, -0.05) is 0 Å². The molecular formula is C13H12F2N2O3. The van der Waals surface area contributed by atoms with Crippen molar-refractivity contribution >= 4 is 11.9 Å². The molecule has 20 heavy (non-hydrogen) atoms. The monoisotopic (exact) mass is 282 g/mol. The van der Waals surface area contributed by atoms with Crippen LogP contribution in [0.3, 0.4) is 0 Å². The Balaban J connectivity index is 2.65. The number of carboxylic acid groups (broad SMARTS) is 1. The van der Waals surface area contributed by atoms with Gasteiger partial charge in [0.25, 0.3) is 0 Å². The van der Waals surface area contributed by atoms with Gasteiger partial charge in [0, 0.05) is 12.5 Å². The minimum absolute atomic E-state index is 0.0220. The smallest absolute Gasteiger partial charge is 0.326 e. The zero-order valence-electron chi connectivity index (χ0n) is 10.4. The van der Waals surface area contributed by atoms with Crippen molar-refractivity contribution in [3.05, 3.63) is 35.4 Å². The summed E-state index contributed by atoms with van der Waals surface area (Å²) in [5.41, 5.74) is 0.101. The standard InChI is InChI=1S/C13H12F2N2O3/c14-9-4-8(5-10(15)7-9)6-12(18)17-11(13(19)20)2-1-3-16/h4-5,7,11H,1-2,6H2,(H,17,18)(H,19,20)/t11-/m1/s1. The van der Waals surface area contributed by atoms with Crippen LogP contribution in [0.5, 0.6) is 0 Å². The Hall–Kier alpha value is -2.49. The molecule has 2 N–H and O–H groups in total. The van der Waals surface area contributed by atoms with E-state index in [1.807, 2.05) is 0 Å². The summed E-state index contributed by atoms with van der Waals surface area (Å²) in [6.07, 6.45) is -0.397. The predicted octanol–water partition coefficient (Wildman–Crippen LogP) is 1.38. The van der Waals surface area contributed by atoms with Crippen molar-refractivity contribution < 1.29 is 23.5 Å². The van der Waals surface area contributed by atoms with Crippen LogP contribution in [0.25, 0.3) is 0 Å². The molecule has 106 valence electrons. The summed E-state index contributed by atoms with van der Waals surface area (Å²) in [6.45, 7) is 0. The number of halogens is 2. The van der Waals surface area contributed by atoms with E-state index in [-0.39, 0.29) is 24.8 Å². The van der Waals surface area contributed by atoms with Crippen molar-refractivity contribution in [1.82, 2.24) is 5.32 Å². The Morgan fingerprint density at radius 3 is 2.40 bits per heavy atom. The molecule has 0 aliphatic carbocycles. The van der Waals surface area contributed by atoms with E-state index in [0.29, 0.717) is 6.07 Å². The maximum absolute atomic E-state index is 12.9. The van der Waals surface area contributed by atoms with Crippen LogP contribution in [0.4, 0.5) is 8.78 Å². The third-order valence-corrected chi connectivity index (χ3v) is 2.47. The summed E-state index contributed by atoms with van der Waals surface area (Å²) in [5, 5.41) is 19.5. The average molecular weight is 282 g/mol. The Morgan fingerprint density at radius 2 is 1.90 bits per heavy atom. The van der Waals surface area contributed by atoms with Crippen molar-refractivity contribution in [3.63, 3.8) is 0 Å². The number of nitrogens with zero attached hydrogens (tertiary/aromatic N) is 1. The van der Waals surface area contributed by atoms with Crippen molar-refractivity contribution in [3.8, 4) is 6.07 Å². The van der Waals surface area contributed by atoms with E-state index in [1.165, 1.54) is 0 Å². The molecule has 5 nitrogen and oxygen atoms in total. The molecule has 0 aliphatic rings. The maximum atomic E-state index is 12.9. The number of nitrogens with one attached hydrogen (secondary N) is 1. The Morgan fingerprint density at radius 1 is 1.30 bits per heavy atom. The summed E-state index contributed by atoms with van der Waals surface area (Å²) >= 11 is 0. The summed E-state index contributed by atoms with van der Waals surface area (Å²) in [4.78, 5) is 22.5. The molecule has 0 radical (unpaired) electrons. The summed E-state index contributed by atoms with van der Waals surface area (Å²) in [6, 6.07) is 3.25. The number of aliphatic carboxylic acids is 1. The van der Waals surface area contributed by atoms with Gasteiger partial charge in [0.1, 0.15) is 17.7 Å². The lowest BCUT2D eigenvalue weighted by Crippen LogP contribution is -2.41. The molecule has 0 saturated carbocycles. The SMILES string of the molecule is N#CCC[C@@H](NC(=O)Cc1cc(F)cc(F)c1)C(=O)O. The Labute approximate surface area is 113 Å². The highest BCUT2D eigenvalue weighted by Crippen LogP contribution is 2.09. The third-order valence-electron chi connectivity index (χ3n) is 2.47. The second-order valence-corrected chi connectivity index (χ2v) is 4.11. The lowest BCUT2D eigenvalue weighted by Gasteiger charge is -2.13. The van der Waals surface area contributed by atoms with Crippen LogP contribution in [0.15, 0.2) is 18.2 Å². The van der Waals surface area contributed by atoms with Gasteiger partial charge >= 0.3 is 5.97 Å². The van der Waals surface area contributed by atoms with E-state index in [4.69, 9.17) is 10.4 Å². The van der Waals surface area contributed by atoms with Gasteiger partial charge < -0.3 is 10.4 Å². The second kappa shape index (κ2) is 7.19. The molecule has 0 saturated heterocycles. The first-order chi connectivity index (χ1) is 9.42. The van der Waals surface area contributed by atoms with Gasteiger partial charge in [0.05, 0.1) is 12.5 Å². The zero-order valence-corrected chi connectivity index (χ0v) is 10.4. The summed E-state index contributed by atoms with van der Waals surface area (Å²) < 4.78 is 25.9.